The fraction of sp³-hybridized carbons (Fsp3) is 0.296. The third kappa shape index (κ3) is 6.54. The first kappa shape index (κ1) is 26.8. The molecule has 3 aromatic rings. The summed E-state index contributed by atoms with van der Waals surface area (Å²) in [5.74, 6) is 0.822. The highest BCUT2D eigenvalue weighted by atomic mass is 35.5. The smallest absolute Gasteiger partial charge is 0.255 e. The van der Waals surface area contributed by atoms with Crippen LogP contribution in [0.25, 0.3) is 0 Å². The number of methoxy groups -OCH3 is 2. The van der Waals surface area contributed by atoms with Crippen LogP contribution in [0.15, 0.2) is 65.6 Å². The number of ether oxygens (including phenoxy) is 2. The molecular weight excluding hydrogens is 514 g/mol. The number of carbonyl (C=O) groups excluding carboxylic acids is 1. The molecule has 1 amide bonds. The number of amides is 1. The minimum Gasteiger partial charge on any atom is -0.493 e. The zero-order valence-corrected chi connectivity index (χ0v) is 22.4. The van der Waals surface area contributed by atoms with Crippen LogP contribution < -0.4 is 24.4 Å². The first-order chi connectivity index (χ1) is 17.8. The second-order valence-corrected chi connectivity index (χ2v) is 10.9. The van der Waals surface area contributed by atoms with Crippen LogP contribution in [0.1, 0.15) is 28.8 Å². The summed E-state index contributed by atoms with van der Waals surface area (Å²) in [5, 5.41) is 3.23. The molecule has 3 aromatic carbocycles. The van der Waals surface area contributed by atoms with Gasteiger partial charge in [0.2, 0.25) is 10.0 Å². The molecule has 196 valence electrons. The van der Waals surface area contributed by atoms with Gasteiger partial charge in [0, 0.05) is 35.9 Å². The van der Waals surface area contributed by atoms with Crippen molar-refractivity contribution in [2.45, 2.75) is 24.2 Å². The second-order valence-electron chi connectivity index (χ2n) is 8.68. The number of nitrogens with one attached hydrogen (secondary N) is 2. The maximum absolute atomic E-state index is 13.5. The molecule has 2 N–H and O–H groups in total. The van der Waals surface area contributed by atoms with Crippen LogP contribution >= 0.6 is 11.6 Å². The molecule has 8 nitrogen and oxygen atoms in total. The van der Waals surface area contributed by atoms with Gasteiger partial charge in [0.25, 0.3) is 5.91 Å². The maximum atomic E-state index is 13.5. The SMILES string of the molecule is COc1ccc(CCNS(=O)(=O)c2cc(NC(=O)c3cccc(Cl)c3)ccc2N2CCCC2)cc1OC. The highest BCUT2D eigenvalue weighted by Gasteiger charge is 2.25. The van der Waals surface area contributed by atoms with Crippen LogP contribution in [0.3, 0.4) is 0 Å². The summed E-state index contributed by atoms with van der Waals surface area (Å²) in [7, 11) is -0.754. The number of nitrogens with zero attached hydrogens (tertiary/aromatic N) is 1. The number of hydrogen-bond donors (Lipinski definition) is 2. The zero-order valence-electron chi connectivity index (χ0n) is 20.8. The van der Waals surface area contributed by atoms with E-state index in [0.29, 0.717) is 39.9 Å². The van der Waals surface area contributed by atoms with E-state index in [1.54, 1.807) is 56.7 Å². The molecule has 0 bridgehead atoms. The molecule has 0 radical (unpaired) electrons. The Balaban J connectivity index is 1.54. The van der Waals surface area contributed by atoms with Crippen molar-refractivity contribution in [2.24, 2.45) is 0 Å². The molecular formula is C27H30ClN3O5S. The molecule has 0 spiro atoms. The van der Waals surface area contributed by atoms with E-state index in [9.17, 15) is 13.2 Å². The number of halogens is 1. The predicted octanol–water partition coefficient (Wildman–Crippen LogP) is 4.73. The fourth-order valence-corrected chi connectivity index (χ4v) is 5.77. The van der Waals surface area contributed by atoms with E-state index in [-0.39, 0.29) is 17.3 Å². The third-order valence-corrected chi connectivity index (χ3v) is 7.92. The van der Waals surface area contributed by atoms with E-state index in [1.807, 2.05) is 12.1 Å². The lowest BCUT2D eigenvalue weighted by Gasteiger charge is -2.22. The van der Waals surface area contributed by atoms with Gasteiger partial charge in [-0.15, -0.1) is 0 Å². The van der Waals surface area contributed by atoms with E-state index in [4.69, 9.17) is 21.1 Å². The van der Waals surface area contributed by atoms with Crippen LogP contribution in [0.4, 0.5) is 11.4 Å². The normalized spacial score (nSPS) is 13.4. The molecule has 10 heteroatoms. The Labute approximate surface area is 222 Å². The summed E-state index contributed by atoms with van der Waals surface area (Å²) in [6.07, 6.45) is 2.46. The monoisotopic (exact) mass is 543 g/mol. The minimum atomic E-state index is -3.88. The molecule has 37 heavy (non-hydrogen) atoms. The lowest BCUT2D eigenvalue weighted by atomic mass is 10.1. The van der Waals surface area contributed by atoms with Gasteiger partial charge in [0.05, 0.1) is 19.9 Å². The molecule has 1 saturated heterocycles. The number of carbonyl (C=O) groups is 1. The van der Waals surface area contributed by atoms with E-state index in [1.165, 1.54) is 6.07 Å². The summed E-state index contributed by atoms with van der Waals surface area (Å²) in [6, 6.07) is 17.0. The Morgan fingerprint density at radius 3 is 2.43 bits per heavy atom. The highest BCUT2D eigenvalue weighted by Crippen LogP contribution is 2.31. The topological polar surface area (TPSA) is 97.0 Å². The maximum Gasteiger partial charge on any atom is 0.255 e. The van der Waals surface area contributed by atoms with Crippen molar-refractivity contribution in [3.8, 4) is 11.5 Å². The summed E-state index contributed by atoms with van der Waals surface area (Å²) < 4.78 is 40.2. The quantitative estimate of drug-likeness (QED) is 0.384. The van der Waals surface area contributed by atoms with Gasteiger partial charge in [0.1, 0.15) is 4.90 Å². The van der Waals surface area contributed by atoms with Crippen molar-refractivity contribution < 1.29 is 22.7 Å². The minimum absolute atomic E-state index is 0.130. The first-order valence-electron chi connectivity index (χ1n) is 12.0. The summed E-state index contributed by atoms with van der Waals surface area (Å²) in [6.45, 7) is 1.75. The van der Waals surface area contributed by atoms with Crippen molar-refractivity contribution in [3.63, 3.8) is 0 Å². The Hall–Kier alpha value is -3.27. The average molecular weight is 544 g/mol. The van der Waals surface area contributed by atoms with Gasteiger partial charge in [-0.3, -0.25) is 4.79 Å². The van der Waals surface area contributed by atoms with Crippen LogP contribution in [0.5, 0.6) is 11.5 Å². The van der Waals surface area contributed by atoms with Crippen LogP contribution in [-0.4, -0.2) is 48.2 Å². The number of benzene rings is 3. The van der Waals surface area contributed by atoms with Gasteiger partial charge in [-0.25, -0.2) is 13.1 Å². The van der Waals surface area contributed by atoms with Crippen molar-refractivity contribution in [3.05, 3.63) is 76.8 Å². The number of sulfonamides is 1. The van der Waals surface area contributed by atoms with Gasteiger partial charge in [-0.05, 0) is 73.4 Å². The van der Waals surface area contributed by atoms with Gasteiger partial charge in [0.15, 0.2) is 11.5 Å². The molecule has 1 aliphatic heterocycles. The van der Waals surface area contributed by atoms with Crippen molar-refractivity contribution in [1.82, 2.24) is 4.72 Å². The Bertz CT molecular complexity index is 1370. The van der Waals surface area contributed by atoms with Crippen molar-refractivity contribution in [2.75, 3.05) is 44.1 Å². The molecule has 0 aliphatic carbocycles. The lowest BCUT2D eigenvalue weighted by Crippen LogP contribution is -2.29. The molecule has 1 heterocycles. The van der Waals surface area contributed by atoms with Crippen LogP contribution in [-0.2, 0) is 16.4 Å². The Kier molecular flexibility index (Phi) is 8.58. The van der Waals surface area contributed by atoms with Gasteiger partial charge < -0.3 is 19.7 Å². The van der Waals surface area contributed by atoms with Crippen LogP contribution in [0.2, 0.25) is 5.02 Å². The van der Waals surface area contributed by atoms with Crippen molar-refractivity contribution >= 4 is 38.9 Å². The van der Waals surface area contributed by atoms with Gasteiger partial charge in [-0.1, -0.05) is 23.7 Å². The fourth-order valence-electron chi connectivity index (χ4n) is 4.30. The third-order valence-electron chi connectivity index (χ3n) is 6.19. The predicted molar refractivity (Wildman–Crippen MR) is 146 cm³/mol. The van der Waals surface area contributed by atoms with E-state index in [2.05, 4.69) is 14.9 Å². The highest BCUT2D eigenvalue weighted by molar-refractivity contribution is 7.89. The average Bonchev–Trinajstić information content (AvgIpc) is 3.43. The molecule has 0 aromatic heterocycles. The van der Waals surface area contributed by atoms with Crippen molar-refractivity contribution in [1.29, 1.82) is 0 Å². The Morgan fingerprint density at radius 2 is 1.73 bits per heavy atom. The zero-order chi connectivity index (χ0) is 26.4. The number of rotatable bonds is 10. The van der Waals surface area contributed by atoms with Gasteiger partial charge in [-0.2, -0.15) is 0 Å². The summed E-state index contributed by atoms with van der Waals surface area (Å²) in [4.78, 5) is 14.9. The van der Waals surface area contributed by atoms with E-state index >= 15 is 0 Å². The molecule has 0 saturated carbocycles. The summed E-state index contributed by atoms with van der Waals surface area (Å²) in [5.41, 5.74) is 2.29. The second kappa shape index (κ2) is 11.9. The number of anilines is 2. The van der Waals surface area contributed by atoms with Crippen LogP contribution in [0, 0.1) is 0 Å². The lowest BCUT2D eigenvalue weighted by molar-refractivity contribution is 0.102. The molecule has 0 unspecified atom stereocenters. The standard InChI is InChI=1S/C27H30ClN3O5S/c1-35-24-11-8-19(16-25(24)36-2)12-13-29-37(33,34)26-18-22(9-10-23(26)31-14-3-4-15-31)30-27(32)20-6-5-7-21(28)17-20/h5-11,16-18,29H,3-4,12-15H2,1-2H3,(H,30,32). The Morgan fingerprint density at radius 1 is 0.973 bits per heavy atom. The first-order valence-corrected chi connectivity index (χ1v) is 13.8. The van der Waals surface area contributed by atoms with E-state index in [0.717, 1.165) is 31.5 Å². The largest absolute Gasteiger partial charge is 0.493 e. The summed E-state index contributed by atoms with van der Waals surface area (Å²) >= 11 is 6.01. The molecule has 1 fully saturated rings. The van der Waals surface area contributed by atoms with Gasteiger partial charge >= 0.3 is 0 Å². The number of hydrogen-bond acceptors (Lipinski definition) is 6. The molecule has 1 aliphatic rings. The molecule has 4 rings (SSSR count). The molecule has 0 atom stereocenters. The van der Waals surface area contributed by atoms with E-state index < -0.39 is 10.0 Å².